The smallest absolute Gasteiger partial charge is 0.399 e. The summed E-state index contributed by atoms with van der Waals surface area (Å²) in [7, 11) is -1.31. The summed E-state index contributed by atoms with van der Waals surface area (Å²) < 4.78 is 105. The van der Waals surface area contributed by atoms with E-state index in [4.69, 9.17) is 25.8 Å². The summed E-state index contributed by atoms with van der Waals surface area (Å²) in [6.07, 6.45) is -9.65. The maximum absolute atomic E-state index is 8.16. The molecule has 1 fully saturated rings. The van der Waals surface area contributed by atoms with Crippen LogP contribution in [0.5, 0.6) is 0 Å². The topological polar surface area (TPSA) is 31.4 Å². The van der Waals surface area contributed by atoms with Crippen molar-refractivity contribution in [3.8, 4) is 0 Å². The van der Waals surface area contributed by atoms with Gasteiger partial charge in [-0.15, -0.1) is 11.3 Å². The molecule has 2 rings (SSSR count). The third kappa shape index (κ3) is 2.74. The molecule has 0 atom stereocenters. The summed E-state index contributed by atoms with van der Waals surface area (Å²) in [5.74, 6) is 0. The Bertz CT molecular complexity index is 829. The highest BCUT2D eigenvalue weighted by Crippen LogP contribution is 2.37. The molecule has 0 N–H and O–H groups in total. The number of nitrogens with zero attached hydrogens (tertiary/aromatic N) is 1. The van der Waals surface area contributed by atoms with Crippen LogP contribution in [-0.2, 0) is 22.1 Å². The second-order valence-electron chi connectivity index (χ2n) is 5.20. The molecule has 1 aliphatic rings. The molecule has 1 aromatic heterocycles. The van der Waals surface area contributed by atoms with Crippen molar-refractivity contribution in [2.45, 2.75) is 71.7 Å². The average molecular weight is 293 g/mol. The summed E-state index contributed by atoms with van der Waals surface area (Å²) in [6.45, 7) is 0.264. The van der Waals surface area contributed by atoms with Gasteiger partial charge in [0.1, 0.15) is 0 Å². The van der Waals surface area contributed by atoms with Crippen LogP contribution in [-0.4, -0.2) is 23.3 Å². The van der Waals surface area contributed by atoms with E-state index in [1.807, 2.05) is 0 Å². The molecule has 1 aromatic rings. The van der Waals surface area contributed by atoms with Gasteiger partial charge in [0.2, 0.25) is 0 Å². The molecule has 1 saturated heterocycles. The predicted molar refractivity (Wildman–Crippen MR) is 81.2 cm³/mol. The van der Waals surface area contributed by atoms with E-state index in [-0.39, 0.29) is 4.78 Å². The van der Waals surface area contributed by atoms with Gasteiger partial charge >= 0.3 is 7.12 Å². The van der Waals surface area contributed by atoms with Gasteiger partial charge in [0.05, 0.1) is 26.7 Å². The SMILES string of the molecule is [2H]C([2H])([2H])C([2H])([2H])c1nc(C([2H])([2H])C([2H])([2H])C([2H])([2H])[2H])sc1B1OC(C)(C)C(C)(C)O1. The minimum Gasteiger partial charge on any atom is -0.399 e. The van der Waals surface area contributed by atoms with Crippen molar-refractivity contribution < 1.29 is 25.8 Å². The normalized spacial score (nSPS) is 34.0. The van der Waals surface area contributed by atoms with Crippen LogP contribution in [0.4, 0.5) is 0 Å². The molecule has 0 spiro atoms. The molecule has 1 aliphatic heterocycles. The predicted octanol–water partition coefficient (Wildman–Crippen LogP) is 2.96. The molecule has 3 nitrogen and oxygen atoms in total. The van der Waals surface area contributed by atoms with Gasteiger partial charge in [-0.1, -0.05) is 13.7 Å². The van der Waals surface area contributed by atoms with E-state index in [0.29, 0.717) is 11.3 Å². The quantitative estimate of drug-likeness (QED) is 0.800. The lowest BCUT2D eigenvalue weighted by Gasteiger charge is -2.32. The van der Waals surface area contributed by atoms with E-state index in [1.54, 1.807) is 27.7 Å². The molecule has 0 saturated carbocycles. The Morgan fingerprint density at radius 3 is 2.53 bits per heavy atom. The second kappa shape index (κ2) is 5.19. The Labute approximate surface area is 137 Å². The van der Waals surface area contributed by atoms with Crippen LogP contribution in [0.1, 0.15) is 74.9 Å². The Morgan fingerprint density at radius 1 is 1.26 bits per heavy atom. The van der Waals surface area contributed by atoms with E-state index in [9.17, 15) is 0 Å². The van der Waals surface area contributed by atoms with Crippen molar-refractivity contribution in [2.75, 3.05) is 0 Å². The summed E-state index contributed by atoms with van der Waals surface area (Å²) >= 11 is 0.435. The molecule has 0 aromatic carbocycles. The van der Waals surface area contributed by atoms with Gasteiger partial charge in [0.25, 0.3) is 0 Å². The molecular weight excluding hydrogens is 257 g/mol. The van der Waals surface area contributed by atoms with Gasteiger partial charge in [0, 0.05) is 16.4 Å². The van der Waals surface area contributed by atoms with Crippen molar-refractivity contribution in [1.29, 1.82) is 0 Å². The monoisotopic (exact) mass is 293 g/mol. The third-order valence-corrected chi connectivity index (χ3v) is 4.40. The van der Waals surface area contributed by atoms with Crippen LogP contribution in [0.3, 0.4) is 0 Å². The Hall–Kier alpha value is -0.385. The largest absolute Gasteiger partial charge is 0.507 e. The molecule has 19 heavy (non-hydrogen) atoms. The molecule has 0 bridgehead atoms. The minimum absolute atomic E-state index is 0.194. The average Bonchev–Trinajstić information content (AvgIpc) is 3.05. The van der Waals surface area contributed by atoms with Crippen LogP contribution in [0, 0.1) is 0 Å². The number of hydrogen-bond donors (Lipinski definition) is 0. The van der Waals surface area contributed by atoms with E-state index >= 15 is 0 Å². The molecule has 0 aliphatic carbocycles. The Balaban J connectivity index is 2.74. The second-order valence-corrected chi connectivity index (χ2v) is 6.23. The van der Waals surface area contributed by atoms with Crippen LogP contribution in [0.25, 0.3) is 0 Å². The number of hydrogen-bond acceptors (Lipinski definition) is 4. The van der Waals surface area contributed by atoms with Crippen LogP contribution in [0.2, 0.25) is 0 Å². The lowest BCUT2D eigenvalue weighted by atomic mass is 9.86. The highest BCUT2D eigenvalue weighted by atomic mass is 32.1. The van der Waals surface area contributed by atoms with E-state index in [1.165, 1.54) is 0 Å². The van der Waals surface area contributed by atoms with Crippen LogP contribution >= 0.6 is 11.3 Å². The summed E-state index contributed by atoms with van der Waals surface area (Å²) in [6, 6.07) is 0. The van der Waals surface area contributed by atoms with Gasteiger partial charge in [-0.05, 0) is 46.8 Å². The van der Waals surface area contributed by atoms with Gasteiger partial charge in [-0.2, -0.15) is 0 Å². The Morgan fingerprint density at radius 2 is 1.95 bits per heavy atom. The highest BCUT2D eigenvalue weighted by molar-refractivity contribution is 7.22. The molecule has 5 heteroatoms. The van der Waals surface area contributed by atoms with Crippen molar-refractivity contribution in [1.82, 2.24) is 4.98 Å². The number of aryl methyl sites for hydroxylation is 2. The first-order valence-electron chi connectivity index (χ1n) is 11.8. The number of thiazole rings is 1. The van der Waals surface area contributed by atoms with Crippen molar-refractivity contribution in [3.63, 3.8) is 0 Å². The van der Waals surface area contributed by atoms with Crippen LogP contribution < -0.4 is 4.78 Å². The van der Waals surface area contributed by atoms with E-state index in [0.717, 1.165) is 0 Å². The standard InChI is InChI=1S/C14H24BNO2S/c1-7-9-11-16-10(8-2)12(19-11)15-17-13(3,4)14(5,6)18-15/h7-9H2,1-6H3/i1D3,2D3,7D2,8D2,9D2. The number of rotatable bonds is 4. The molecule has 0 radical (unpaired) electrons. The molecule has 2 heterocycles. The van der Waals surface area contributed by atoms with E-state index < -0.39 is 61.8 Å². The lowest BCUT2D eigenvalue weighted by Crippen LogP contribution is -2.41. The zero-order valence-electron chi connectivity index (χ0n) is 23.2. The molecule has 106 valence electrons. The van der Waals surface area contributed by atoms with Gasteiger partial charge in [-0.25, -0.2) is 4.98 Å². The summed E-state index contributed by atoms with van der Waals surface area (Å²) in [5.41, 5.74) is -2.48. The first kappa shape index (κ1) is 5.78. The third-order valence-electron chi connectivity index (χ3n) is 3.41. The fourth-order valence-electron chi connectivity index (χ4n) is 1.64. The summed E-state index contributed by atoms with van der Waals surface area (Å²) in [4.78, 5) is 3.80. The van der Waals surface area contributed by atoms with Crippen molar-refractivity contribution in [3.05, 3.63) is 10.7 Å². The van der Waals surface area contributed by atoms with Crippen molar-refractivity contribution in [2.24, 2.45) is 0 Å². The van der Waals surface area contributed by atoms with Crippen molar-refractivity contribution >= 4 is 23.2 Å². The number of aromatic nitrogens is 1. The molecular formula is C14H24BNO2S. The minimum atomic E-state index is -3.39. The maximum Gasteiger partial charge on any atom is 0.507 e. The van der Waals surface area contributed by atoms with Crippen LogP contribution in [0.15, 0.2) is 0 Å². The van der Waals surface area contributed by atoms with E-state index in [2.05, 4.69) is 4.98 Å². The van der Waals surface area contributed by atoms with Gasteiger partial charge < -0.3 is 9.31 Å². The van der Waals surface area contributed by atoms with Gasteiger partial charge in [-0.3, -0.25) is 0 Å². The first-order chi connectivity index (χ1) is 13.4. The molecule has 0 unspecified atom stereocenters. The zero-order chi connectivity index (χ0) is 24.6. The summed E-state index contributed by atoms with van der Waals surface area (Å²) in [5, 5.41) is -0.721. The fraction of sp³-hybridized carbons (Fsp3) is 0.786. The molecule has 0 amide bonds. The first-order valence-corrected chi connectivity index (χ1v) is 6.59. The Kier molecular flexibility index (Phi) is 1.58. The van der Waals surface area contributed by atoms with Gasteiger partial charge in [0.15, 0.2) is 0 Å². The highest BCUT2D eigenvalue weighted by Gasteiger charge is 2.52. The lowest BCUT2D eigenvalue weighted by molar-refractivity contribution is 0.00578. The zero-order valence-corrected chi connectivity index (χ0v) is 12.1. The maximum atomic E-state index is 8.16. The fourth-order valence-corrected chi connectivity index (χ4v) is 2.47.